The van der Waals surface area contributed by atoms with Crippen LogP contribution in [0.25, 0.3) is 33.5 Å². The fourth-order valence-electron chi connectivity index (χ4n) is 4.37. The number of fused-ring (bicyclic) bond motifs is 2. The van der Waals surface area contributed by atoms with Gasteiger partial charge in [0.25, 0.3) is 5.91 Å². The van der Waals surface area contributed by atoms with E-state index < -0.39 is 35.2 Å². The van der Waals surface area contributed by atoms with Crippen molar-refractivity contribution < 1.29 is 27.4 Å². The number of nitrogens with one attached hydrogen (secondary N) is 1. The maximum Gasteiger partial charge on any atom is 0.255 e. The Bertz CT molecular complexity index is 1710. The van der Waals surface area contributed by atoms with Crippen LogP contribution in [0.5, 0.6) is 0 Å². The zero-order valence-corrected chi connectivity index (χ0v) is 26.8. The zero-order chi connectivity index (χ0) is 30.9. The molecule has 0 atom stereocenters. The second kappa shape index (κ2) is 12.2. The maximum atomic E-state index is 14.2. The molecule has 0 aliphatic carbocycles. The number of halogens is 1. The van der Waals surface area contributed by atoms with Crippen molar-refractivity contribution >= 4 is 45.9 Å². The number of nitrogens with zero attached hydrogens (tertiary/aromatic N) is 5. The molecule has 42 heavy (non-hydrogen) atoms. The zero-order valence-electron chi connectivity index (χ0n) is 24.9. The number of aliphatic hydroxyl groups excluding tert-OH is 1. The summed E-state index contributed by atoms with van der Waals surface area (Å²) in [6, 6.07) is 5.26. The summed E-state index contributed by atoms with van der Waals surface area (Å²) in [6.07, 6.45) is 4.67. The van der Waals surface area contributed by atoms with Crippen LogP contribution in [0.1, 0.15) is 30.6 Å². The first-order valence-corrected chi connectivity index (χ1v) is 19.5. The average molecular weight is 619 g/mol. The maximum absolute atomic E-state index is 14.2. The van der Waals surface area contributed by atoms with Gasteiger partial charge in [-0.25, -0.2) is 22.8 Å². The summed E-state index contributed by atoms with van der Waals surface area (Å²) >= 11 is 0. The molecule has 1 amide bonds. The van der Waals surface area contributed by atoms with E-state index in [1.165, 1.54) is 18.4 Å². The molecule has 14 heteroatoms. The van der Waals surface area contributed by atoms with Gasteiger partial charge in [-0.3, -0.25) is 9.48 Å². The minimum atomic E-state index is -3.17. The number of carbonyl (C=O) groups excluding carboxylic acids is 1. The Kier molecular flexibility index (Phi) is 9.21. The number of amides is 1. The molecule has 4 rings (SSSR count). The Hall–Kier alpha value is -3.20. The van der Waals surface area contributed by atoms with E-state index in [9.17, 15) is 22.7 Å². The van der Waals surface area contributed by atoms with Crippen molar-refractivity contribution in [3.8, 4) is 11.4 Å². The highest BCUT2D eigenvalue weighted by atomic mass is 32.2. The molecule has 11 nitrogen and oxygen atoms in total. The number of hydrogen-bond donors (Lipinski definition) is 2. The first-order chi connectivity index (χ1) is 19.6. The number of rotatable bonds is 13. The van der Waals surface area contributed by atoms with E-state index in [4.69, 9.17) is 9.72 Å². The number of aromatic nitrogens is 5. The van der Waals surface area contributed by atoms with Crippen LogP contribution in [0.15, 0.2) is 30.6 Å². The SMILES string of the molecule is CC(C)(CO)NC(=O)c1cn(COCC[Si](C)(C)C)c2ncc(-c3nn(CCCS(C)(=O)=O)c4cc(F)ccc34)nc12. The molecule has 2 N–H and O–H groups in total. The highest BCUT2D eigenvalue weighted by molar-refractivity contribution is 7.90. The lowest BCUT2D eigenvalue weighted by Gasteiger charge is -2.23. The molecule has 0 radical (unpaired) electrons. The summed E-state index contributed by atoms with van der Waals surface area (Å²) in [7, 11) is -4.46. The quantitative estimate of drug-likeness (QED) is 0.170. The summed E-state index contributed by atoms with van der Waals surface area (Å²) in [6.45, 7) is 11.0. The number of benzene rings is 1. The number of aliphatic hydroxyl groups is 1. The summed E-state index contributed by atoms with van der Waals surface area (Å²) < 4.78 is 46.7. The van der Waals surface area contributed by atoms with Crippen LogP contribution >= 0.6 is 0 Å². The number of hydrogen-bond acceptors (Lipinski definition) is 8. The van der Waals surface area contributed by atoms with Gasteiger partial charge in [0, 0.05) is 39.1 Å². The molecule has 228 valence electrons. The summed E-state index contributed by atoms with van der Waals surface area (Å²) in [5.74, 6) is -0.901. The third-order valence-corrected chi connectivity index (χ3v) is 9.46. The Morgan fingerprint density at radius 2 is 1.98 bits per heavy atom. The second-order valence-electron chi connectivity index (χ2n) is 12.5. The normalized spacial score (nSPS) is 12.9. The third kappa shape index (κ3) is 7.79. The molecular weight excluding hydrogens is 579 g/mol. The predicted molar refractivity (Wildman–Crippen MR) is 163 cm³/mol. The number of sulfone groups is 1. The van der Waals surface area contributed by atoms with E-state index in [2.05, 4.69) is 35.0 Å². The fraction of sp³-hybridized carbons (Fsp3) is 0.500. The van der Waals surface area contributed by atoms with Crippen LogP contribution in [-0.4, -0.2) is 82.6 Å². The fourth-order valence-corrected chi connectivity index (χ4v) is 5.78. The summed E-state index contributed by atoms with van der Waals surface area (Å²) in [5.41, 5.74) is 1.47. The van der Waals surface area contributed by atoms with Crippen molar-refractivity contribution in [2.24, 2.45) is 0 Å². The predicted octanol–water partition coefficient (Wildman–Crippen LogP) is 3.83. The van der Waals surface area contributed by atoms with Crippen LogP contribution in [0.2, 0.25) is 25.7 Å². The Morgan fingerprint density at radius 3 is 2.64 bits per heavy atom. The highest BCUT2D eigenvalue weighted by Gasteiger charge is 2.25. The van der Waals surface area contributed by atoms with Gasteiger partial charge in [0.1, 0.15) is 39.3 Å². The van der Waals surface area contributed by atoms with Crippen molar-refractivity contribution in [2.45, 2.75) is 64.8 Å². The van der Waals surface area contributed by atoms with Crippen LogP contribution < -0.4 is 5.32 Å². The largest absolute Gasteiger partial charge is 0.394 e. The monoisotopic (exact) mass is 618 g/mol. The van der Waals surface area contributed by atoms with Crippen molar-refractivity contribution in [1.29, 1.82) is 0 Å². The van der Waals surface area contributed by atoms with Gasteiger partial charge in [-0.2, -0.15) is 5.10 Å². The number of carbonyl (C=O) groups is 1. The van der Waals surface area contributed by atoms with Crippen LogP contribution in [0.3, 0.4) is 0 Å². The molecule has 3 aromatic heterocycles. The van der Waals surface area contributed by atoms with Gasteiger partial charge < -0.3 is 19.7 Å². The molecule has 0 aliphatic rings. The molecule has 0 saturated heterocycles. The van der Waals surface area contributed by atoms with Gasteiger partial charge in [0.05, 0.1) is 35.2 Å². The second-order valence-corrected chi connectivity index (χ2v) is 20.4. The summed E-state index contributed by atoms with van der Waals surface area (Å²) in [4.78, 5) is 22.8. The van der Waals surface area contributed by atoms with Crippen LogP contribution in [0.4, 0.5) is 4.39 Å². The van der Waals surface area contributed by atoms with Crippen molar-refractivity contribution in [3.05, 3.63) is 42.0 Å². The molecule has 0 aliphatic heterocycles. The van der Waals surface area contributed by atoms with Crippen molar-refractivity contribution in [3.63, 3.8) is 0 Å². The molecular formula is C28H39FN6O5SSi. The Balaban J connectivity index is 1.76. The Labute approximate surface area is 246 Å². The molecule has 0 bridgehead atoms. The summed E-state index contributed by atoms with van der Waals surface area (Å²) in [5, 5.41) is 17.8. The lowest BCUT2D eigenvalue weighted by atomic mass is 10.1. The molecule has 0 spiro atoms. The van der Waals surface area contributed by atoms with E-state index >= 15 is 0 Å². The van der Waals surface area contributed by atoms with E-state index in [1.807, 2.05) is 0 Å². The molecule has 1 aromatic carbocycles. The Morgan fingerprint density at radius 1 is 1.24 bits per heavy atom. The van der Waals surface area contributed by atoms with E-state index in [1.54, 1.807) is 41.6 Å². The number of aryl methyl sites for hydroxylation is 1. The van der Waals surface area contributed by atoms with Gasteiger partial charge >= 0.3 is 0 Å². The van der Waals surface area contributed by atoms with Gasteiger partial charge in [-0.15, -0.1) is 0 Å². The molecule has 0 unspecified atom stereocenters. The van der Waals surface area contributed by atoms with Gasteiger partial charge in [-0.1, -0.05) is 19.6 Å². The first kappa shape index (κ1) is 31.7. The molecule has 0 fully saturated rings. The molecule has 3 heterocycles. The van der Waals surface area contributed by atoms with Crippen molar-refractivity contribution in [1.82, 2.24) is 29.6 Å². The molecule has 4 aromatic rings. The van der Waals surface area contributed by atoms with E-state index in [-0.39, 0.29) is 31.2 Å². The average Bonchev–Trinajstić information content (AvgIpc) is 3.43. The smallest absolute Gasteiger partial charge is 0.255 e. The van der Waals surface area contributed by atoms with Gasteiger partial charge in [0.15, 0.2) is 5.65 Å². The lowest BCUT2D eigenvalue weighted by Crippen LogP contribution is -2.46. The highest BCUT2D eigenvalue weighted by Crippen LogP contribution is 2.30. The minimum Gasteiger partial charge on any atom is -0.394 e. The topological polar surface area (TPSA) is 141 Å². The van der Waals surface area contributed by atoms with E-state index in [0.717, 1.165) is 6.04 Å². The van der Waals surface area contributed by atoms with Gasteiger partial charge in [0.2, 0.25) is 0 Å². The van der Waals surface area contributed by atoms with Crippen LogP contribution in [-0.2, 0) is 27.8 Å². The van der Waals surface area contributed by atoms with Crippen LogP contribution in [0, 0.1) is 5.82 Å². The molecule has 0 saturated carbocycles. The lowest BCUT2D eigenvalue weighted by molar-refractivity contribution is 0.0859. The van der Waals surface area contributed by atoms with Gasteiger partial charge in [-0.05, 0) is 44.5 Å². The van der Waals surface area contributed by atoms with E-state index in [0.29, 0.717) is 46.5 Å². The standard InChI is InChI=1S/C28H39FN6O5SSi/c1-28(2,17-36)32-27(37)21-16-34(18-40-11-13-42(4,5)6)26-25(21)31-22(15-30-26)24-20-9-8-19(29)14-23(20)35(33-24)10-7-12-41(3,38)39/h8-9,14-16,36H,7,10-13,17-18H2,1-6H3,(H,32,37). The minimum absolute atomic E-state index is 0.0268. The van der Waals surface area contributed by atoms with Crippen molar-refractivity contribution in [2.75, 3.05) is 25.2 Å². The third-order valence-electron chi connectivity index (χ3n) is 6.73. The first-order valence-electron chi connectivity index (χ1n) is 13.8. The number of ether oxygens (including phenoxy) is 1.